The number of carbonyl (C=O) groups is 2. The third-order valence-corrected chi connectivity index (χ3v) is 10.6. The third kappa shape index (κ3) is 2.02. The van der Waals surface area contributed by atoms with Gasteiger partial charge in [0.15, 0.2) is 6.10 Å². The molecule has 1 spiro atoms. The summed E-state index contributed by atoms with van der Waals surface area (Å²) in [5.41, 5.74) is -2.89. The molecular weight excluding hydrogens is 440 g/mol. The van der Waals surface area contributed by atoms with E-state index in [1.807, 2.05) is 26.0 Å². The molecule has 2 saturated carbocycles. The van der Waals surface area contributed by atoms with Gasteiger partial charge in [0.1, 0.15) is 17.3 Å². The van der Waals surface area contributed by atoms with Crippen molar-refractivity contribution in [3.8, 4) is 0 Å². The van der Waals surface area contributed by atoms with Gasteiger partial charge >= 0.3 is 11.9 Å². The molecule has 0 unspecified atom stereocenters. The van der Waals surface area contributed by atoms with Crippen LogP contribution in [0.1, 0.15) is 52.2 Å². The first-order valence-corrected chi connectivity index (χ1v) is 12.2. The van der Waals surface area contributed by atoms with Crippen molar-refractivity contribution in [1.82, 2.24) is 0 Å². The zero-order valence-corrected chi connectivity index (χ0v) is 19.8. The summed E-state index contributed by atoms with van der Waals surface area (Å²) in [5, 5.41) is 12.1. The van der Waals surface area contributed by atoms with Crippen LogP contribution in [-0.4, -0.2) is 53.2 Å². The van der Waals surface area contributed by atoms with Crippen LogP contribution >= 0.6 is 0 Å². The van der Waals surface area contributed by atoms with Gasteiger partial charge in [-0.3, -0.25) is 0 Å². The fourth-order valence-corrected chi connectivity index (χ4v) is 9.35. The van der Waals surface area contributed by atoms with Gasteiger partial charge in [-0.25, -0.2) is 9.59 Å². The summed E-state index contributed by atoms with van der Waals surface area (Å²) in [7, 11) is 0. The molecule has 5 heterocycles. The molecule has 6 aliphatic rings. The van der Waals surface area contributed by atoms with E-state index < -0.39 is 57.8 Å². The number of cyclic esters (lactones) is 1. The minimum atomic E-state index is -0.930. The largest absolute Gasteiger partial charge is 0.472 e. The van der Waals surface area contributed by atoms with Crippen molar-refractivity contribution in [1.29, 1.82) is 0 Å². The molecule has 1 aromatic rings. The van der Waals surface area contributed by atoms with Crippen molar-refractivity contribution in [2.75, 3.05) is 6.61 Å². The Kier molecular flexibility index (Phi) is 3.71. The Balaban J connectivity index is 1.43. The maximum Gasteiger partial charge on any atom is 0.339 e. The van der Waals surface area contributed by atoms with E-state index in [1.54, 1.807) is 12.5 Å². The van der Waals surface area contributed by atoms with Crippen LogP contribution in [0.3, 0.4) is 0 Å². The van der Waals surface area contributed by atoms with Crippen molar-refractivity contribution >= 4 is 11.9 Å². The van der Waals surface area contributed by atoms with Crippen molar-refractivity contribution in [3.63, 3.8) is 0 Å². The number of aliphatic hydroxyl groups is 1. The van der Waals surface area contributed by atoms with E-state index in [0.717, 1.165) is 18.4 Å². The molecule has 2 aliphatic carbocycles. The van der Waals surface area contributed by atoms with Gasteiger partial charge in [0.05, 0.1) is 31.3 Å². The zero-order valence-electron chi connectivity index (χ0n) is 19.8. The number of hydrogen-bond donors (Lipinski definition) is 1. The number of fused-ring (bicyclic) bond motifs is 2. The lowest BCUT2D eigenvalue weighted by Crippen LogP contribution is -2.74. The van der Waals surface area contributed by atoms with Crippen LogP contribution in [0.5, 0.6) is 0 Å². The van der Waals surface area contributed by atoms with E-state index in [2.05, 4.69) is 13.8 Å². The summed E-state index contributed by atoms with van der Waals surface area (Å²) in [4.78, 5) is 25.7. The molecule has 5 fully saturated rings. The normalized spacial score (nSPS) is 56.9. The van der Waals surface area contributed by atoms with Gasteiger partial charge in [0.2, 0.25) is 0 Å². The summed E-state index contributed by atoms with van der Waals surface area (Å²) in [6, 6.07) is 1.82. The summed E-state index contributed by atoms with van der Waals surface area (Å²) < 4.78 is 29.8. The van der Waals surface area contributed by atoms with Crippen LogP contribution in [0.2, 0.25) is 0 Å². The fraction of sp³-hybridized carbons (Fsp3) is 0.692. The molecule has 11 atom stereocenters. The predicted molar refractivity (Wildman–Crippen MR) is 115 cm³/mol. The number of rotatable bonds is 1. The first kappa shape index (κ1) is 21.1. The zero-order chi connectivity index (χ0) is 23.9. The van der Waals surface area contributed by atoms with Crippen LogP contribution in [0, 0.1) is 28.1 Å². The Morgan fingerprint density at radius 3 is 2.65 bits per heavy atom. The minimum Gasteiger partial charge on any atom is -0.472 e. The van der Waals surface area contributed by atoms with Gasteiger partial charge in [-0.2, -0.15) is 0 Å². The highest BCUT2D eigenvalue weighted by Gasteiger charge is 2.89. The summed E-state index contributed by atoms with van der Waals surface area (Å²) >= 11 is 0. The number of carbonyl (C=O) groups excluding carboxylic acids is 2. The lowest BCUT2D eigenvalue weighted by Gasteiger charge is -2.67. The number of hydrogen-bond acceptors (Lipinski definition) is 8. The molecule has 0 amide bonds. The van der Waals surface area contributed by atoms with E-state index >= 15 is 0 Å². The van der Waals surface area contributed by atoms with E-state index in [1.165, 1.54) is 6.08 Å². The number of epoxide rings is 1. The highest BCUT2D eigenvalue weighted by Crippen LogP contribution is 2.79. The first-order valence-electron chi connectivity index (χ1n) is 12.2. The average molecular weight is 471 g/mol. The SMILES string of the molecule is C[C@@]12C=CC(=O)O[C@@]3(C)CO[C@@H]([C@@H](O)[C@]4(C)[C@@H]1CC[C@@]1(C)[C@H](c5ccoc5)OC(=O)[C@H]5O[C@@]541)[C@H]23. The van der Waals surface area contributed by atoms with Crippen molar-refractivity contribution in [2.24, 2.45) is 28.1 Å². The summed E-state index contributed by atoms with van der Waals surface area (Å²) in [6.45, 7) is 8.43. The van der Waals surface area contributed by atoms with Crippen molar-refractivity contribution in [3.05, 3.63) is 36.3 Å². The lowest BCUT2D eigenvalue weighted by molar-refractivity contribution is -0.265. The smallest absolute Gasteiger partial charge is 0.339 e. The minimum absolute atomic E-state index is 0.0722. The van der Waals surface area contributed by atoms with Crippen molar-refractivity contribution < 1.29 is 38.1 Å². The van der Waals surface area contributed by atoms with Crippen LogP contribution in [0.4, 0.5) is 0 Å². The van der Waals surface area contributed by atoms with Gasteiger partial charge < -0.3 is 28.5 Å². The molecule has 1 N–H and O–H groups in total. The molecule has 0 bridgehead atoms. The van der Waals surface area contributed by atoms with Crippen LogP contribution in [0.25, 0.3) is 0 Å². The van der Waals surface area contributed by atoms with Gasteiger partial charge in [0, 0.05) is 28.4 Å². The van der Waals surface area contributed by atoms with Gasteiger partial charge in [-0.1, -0.05) is 26.8 Å². The fourth-order valence-electron chi connectivity index (χ4n) is 9.35. The second-order valence-electron chi connectivity index (χ2n) is 12.0. The molecule has 4 aliphatic heterocycles. The second kappa shape index (κ2) is 5.97. The number of aliphatic hydroxyl groups excluding tert-OH is 1. The molecule has 8 heteroatoms. The highest BCUT2D eigenvalue weighted by atomic mass is 16.7. The molecule has 34 heavy (non-hydrogen) atoms. The number of furan rings is 1. The Morgan fingerprint density at radius 2 is 1.91 bits per heavy atom. The maximum absolute atomic E-state index is 13.2. The molecule has 3 saturated heterocycles. The van der Waals surface area contributed by atoms with Crippen molar-refractivity contribution in [2.45, 2.75) is 76.2 Å². The molecule has 0 aromatic carbocycles. The average Bonchev–Trinajstić information content (AvgIpc) is 3.21. The van der Waals surface area contributed by atoms with Gasteiger partial charge in [-0.15, -0.1) is 0 Å². The van der Waals surface area contributed by atoms with Crippen LogP contribution < -0.4 is 0 Å². The standard InChI is InChI=1S/C26H30O8/c1-22-8-6-15(27)33-24(3)12-31-16(17(22)24)18(28)25(4)14(22)5-9-23(2)19(13-7-10-30-11-13)32-21(29)20-26(23,25)34-20/h6-8,10-11,14,16-20,28H,5,9,12H2,1-4H3/t14-,16-,17-,18-,19+,20-,22-,23+,24+,25+,26-/m1/s1. The van der Waals surface area contributed by atoms with Gasteiger partial charge in [-0.05, 0) is 37.2 Å². The van der Waals surface area contributed by atoms with E-state index in [0.29, 0.717) is 0 Å². The van der Waals surface area contributed by atoms with Crippen LogP contribution in [-0.2, 0) is 28.5 Å². The monoisotopic (exact) mass is 470 g/mol. The molecular formula is C26H30O8. The Morgan fingerprint density at radius 1 is 1.12 bits per heavy atom. The number of ether oxygens (including phenoxy) is 4. The van der Waals surface area contributed by atoms with E-state index in [-0.39, 0.29) is 24.4 Å². The Bertz CT molecular complexity index is 1130. The molecule has 1 aromatic heterocycles. The third-order valence-electron chi connectivity index (χ3n) is 10.6. The lowest BCUT2D eigenvalue weighted by atomic mass is 9.37. The van der Waals surface area contributed by atoms with Gasteiger partial charge in [0.25, 0.3) is 0 Å². The highest BCUT2D eigenvalue weighted by molar-refractivity contribution is 5.84. The molecule has 182 valence electrons. The topological polar surface area (TPSA) is 108 Å². The maximum atomic E-state index is 13.2. The number of allylic oxidation sites excluding steroid dienone is 1. The predicted octanol–water partition coefficient (Wildman–Crippen LogP) is 2.71. The molecule has 0 radical (unpaired) electrons. The Labute approximate surface area is 197 Å². The van der Waals surface area contributed by atoms with E-state index in [9.17, 15) is 14.7 Å². The van der Waals surface area contributed by atoms with Crippen LogP contribution in [0.15, 0.2) is 35.2 Å². The summed E-state index contributed by atoms with van der Waals surface area (Å²) in [5.74, 6) is -1.08. The quantitative estimate of drug-likeness (QED) is 0.493. The van der Waals surface area contributed by atoms with E-state index in [4.69, 9.17) is 23.4 Å². The first-order chi connectivity index (χ1) is 16.0. The molecule has 8 nitrogen and oxygen atoms in total. The second-order valence-corrected chi connectivity index (χ2v) is 12.0. The summed E-state index contributed by atoms with van der Waals surface area (Å²) in [6.07, 6.45) is 5.42. The molecule has 7 rings (SSSR count). The Hall–Kier alpha value is -2.16. The number of esters is 2.